The Hall–Kier alpha value is -12.9. The van der Waals surface area contributed by atoms with E-state index in [0.29, 0.717) is 0 Å². The third-order valence-electron chi connectivity index (χ3n) is 22.4. The standard InChI is InChI=1S/C96H59B2N5OS3/c1-5-28-60(29-6-1)66-36-13-19-44-76(66)101-82-59-86-75(58-74(82)97-72-42-17-20-45-77(72)102(79-47-27-53-91-92(79)71-39-16-24-52-90(71)105-91)84-55-64(54-83(101)93(84)97)99(61-30-7-2-8-31-61)62-32-9-3-10-33-62)98-73-43-18-21-46-78(73)103(81-49-26-41-70-68-38-15-23-51-89(68)107-96(70)81)85-56-65(57-87(104-86)94(85)98)100(63-34-11-4-12-35-63)80-48-25-40-69-67-37-14-22-50-88(67)106-95(69)80/h1-59H. The van der Waals surface area contributed by atoms with Gasteiger partial charge in [0.15, 0.2) is 0 Å². The minimum Gasteiger partial charge on any atom is -0.458 e. The van der Waals surface area contributed by atoms with Crippen LogP contribution in [0.25, 0.3) is 71.6 Å². The van der Waals surface area contributed by atoms with Crippen molar-refractivity contribution in [1.82, 2.24) is 0 Å². The number of rotatable bonds is 10. The fraction of sp³-hybridized carbons (Fsp3) is 0. The predicted molar refractivity (Wildman–Crippen MR) is 460 cm³/mol. The number of fused-ring (bicyclic) bond motifs is 17. The number of hydrogen-bond donors (Lipinski definition) is 0. The van der Waals surface area contributed by atoms with E-state index in [9.17, 15) is 0 Å². The third-order valence-corrected chi connectivity index (χ3v) is 26.0. The van der Waals surface area contributed by atoms with E-state index in [-0.39, 0.29) is 13.4 Å². The minimum atomic E-state index is -0.258. The van der Waals surface area contributed by atoms with E-state index in [1.807, 2.05) is 34.0 Å². The molecule has 0 saturated carbocycles. The van der Waals surface area contributed by atoms with E-state index < -0.39 is 0 Å². The smallest absolute Gasteiger partial charge is 0.256 e. The van der Waals surface area contributed by atoms with Gasteiger partial charge in [0.25, 0.3) is 13.4 Å². The largest absolute Gasteiger partial charge is 0.458 e. The molecule has 4 aliphatic heterocycles. The third kappa shape index (κ3) is 9.12. The van der Waals surface area contributed by atoms with E-state index in [0.717, 1.165) is 119 Å². The molecule has 0 bridgehead atoms. The summed E-state index contributed by atoms with van der Waals surface area (Å²) in [4.78, 5) is 12.7. The molecule has 0 radical (unpaired) electrons. The average Bonchev–Trinajstić information content (AvgIpc) is 0.908. The molecular weight excluding hydrogens is 1360 g/mol. The lowest BCUT2D eigenvalue weighted by Crippen LogP contribution is -2.64. The van der Waals surface area contributed by atoms with Gasteiger partial charge in [0.05, 0.1) is 43.5 Å². The summed E-state index contributed by atoms with van der Waals surface area (Å²) in [5.74, 6) is 1.63. The summed E-state index contributed by atoms with van der Waals surface area (Å²) < 4.78 is 15.6. The molecule has 23 rings (SSSR count). The second-order valence-electron chi connectivity index (χ2n) is 28.1. The number of nitrogens with zero attached hydrogens (tertiary/aromatic N) is 5. The summed E-state index contributed by atoms with van der Waals surface area (Å²) in [7, 11) is 0. The molecule has 0 unspecified atom stereocenters. The van der Waals surface area contributed by atoms with Crippen LogP contribution in [-0.4, -0.2) is 13.4 Å². The molecular formula is C96H59B2N5OS3. The van der Waals surface area contributed by atoms with Crippen molar-refractivity contribution in [2.75, 3.05) is 24.5 Å². The summed E-state index contributed by atoms with van der Waals surface area (Å²) in [6.45, 7) is -0.505. The molecule has 19 aromatic rings. The highest BCUT2D eigenvalue weighted by atomic mass is 32.1. The highest BCUT2D eigenvalue weighted by Crippen LogP contribution is 2.56. The first-order chi connectivity index (χ1) is 53.1. The van der Waals surface area contributed by atoms with Crippen LogP contribution >= 0.6 is 34.0 Å². The Bertz CT molecular complexity index is 6840. The average molecular weight is 1420 g/mol. The van der Waals surface area contributed by atoms with Gasteiger partial charge in [-0.15, -0.1) is 34.0 Å². The minimum absolute atomic E-state index is 0.248. The zero-order chi connectivity index (χ0) is 70.0. The molecule has 4 aliphatic rings. The summed E-state index contributed by atoms with van der Waals surface area (Å²) in [6, 6.07) is 133. The van der Waals surface area contributed by atoms with Gasteiger partial charge in [0.2, 0.25) is 0 Å². The van der Waals surface area contributed by atoms with Gasteiger partial charge in [0.1, 0.15) is 11.5 Å². The summed E-state index contributed by atoms with van der Waals surface area (Å²) in [5, 5.41) is 7.49. The van der Waals surface area contributed by atoms with Crippen LogP contribution in [0.5, 0.6) is 11.5 Å². The van der Waals surface area contributed by atoms with Crippen molar-refractivity contribution in [3.63, 3.8) is 0 Å². The molecule has 6 nitrogen and oxygen atoms in total. The van der Waals surface area contributed by atoms with Crippen LogP contribution in [0.2, 0.25) is 0 Å². The van der Waals surface area contributed by atoms with Gasteiger partial charge in [-0.25, -0.2) is 0 Å². The second-order valence-corrected chi connectivity index (χ2v) is 31.3. The Labute approximate surface area is 631 Å². The molecule has 3 aromatic heterocycles. The molecule has 0 amide bonds. The number of benzene rings is 16. The molecule has 0 spiro atoms. The second kappa shape index (κ2) is 23.8. The van der Waals surface area contributed by atoms with Crippen molar-refractivity contribution in [1.29, 1.82) is 0 Å². The van der Waals surface area contributed by atoms with Crippen LogP contribution in [0.1, 0.15) is 0 Å². The topological polar surface area (TPSA) is 25.4 Å². The van der Waals surface area contributed by atoms with Crippen LogP contribution in [0.15, 0.2) is 358 Å². The lowest BCUT2D eigenvalue weighted by molar-refractivity contribution is 0.488. The van der Waals surface area contributed by atoms with Crippen LogP contribution < -0.4 is 62.0 Å². The fourth-order valence-corrected chi connectivity index (χ4v) is 21.6. The molecule has 0 fully saturated rings. The van der Waals surface area contributed by atoms with Crippen molar-refractivity contribution in [3.05, 3.63) is 358 Å². The van der Waals surface area contributed by atoms with E-state index in [1.165, 1.54) is 82.4 Å². The van der Waals surface area contributed by atoms with Gasteiger partial charge in [0, 0.05) is 120 Å². The van der Waals surface area contributed by atoms with Gasteiger partial charge >= 0.3 is 0 Å². The van der Waals surface area contributed by atoms with Crippen molar-refractivity contribution >= 4 is 226 Å². The number of para-hydroxylation sites is 6. The Morgan fingerprint density at radius 1 is 0.252 bits per heavy atom. The molecule has 0 aliphatic carbocycles. The Kier molecular flexibility index (Phi) is 13.5. The molecule has 498 valence electrons. The maximum absolute atomic E-state index is 8.12. The van der Waals surface area contributed by atoms with Crippen LogP contribution in [0, 0.1) is 0 Å². The quantitative estimate of drug-likeness (QED) is 0.127. The first-order valence-electron chi connectivity index (χ1n) is 36.5. The van der Waals surface area contributed by atoms with Crippen molar-refractivity contribution in [2.24, 2.45) is 0 Å². The summed E-state index contributed by atoms with van der Waals surface area (Å²) in [5.41, 5.74) is 25.6. The van der Waals surface area contributed by atoms with Gasteiger partial charge in [-0.05, 0) is 154 Å². The highest BCUT2D eigenvalue weighted by Gasteiger charge is 2.49. The SMILES string of the molecule is c1ccc(-c2ccccc2N2c3cc4c(cc3B3c5ccccc5N(c5cccc6sc7ccccc7c56)c5cc(N(c6ccccc6)c6ccccc6)cc2c53)B2c3ccccc3N(c3cccc5c3sc3ccccc35)c3cc(N(c5ccccc5)c5cccc6c5sc5ccccc56)cc(c32)O4)cc1. The zero-order valence-corrected chi connectivity index (χ0v) is 60.0. The Morgan fingerprint density at radius 3 is 1.36 bits per heavy atom. The summed E-state index contributed by atoms with van der Waals surface area (Å²) in [6.07, 6.45) is 0. The lowest BCUT2D eigenvalue weighted by Gasteiger charge is -2.46. The molecule has 7 heterocycles. The van der Waals surface area contributed by atoms with Gasteiger partial charge < -0.3 is 29.2 Å². The monoisotopic (exact) mass is 1420 g/mol. The van der Waals surface area contributed by atoms with Crippen LogP contribution in [-0.2, 0) is 0 Å². The number of hydrogen-bond acceptors (Lipinski definition) is 9. The highest BCUT2D eigenvalue weighted by molar-refractivity contribution is 7.27. The van der Waals surface area contributed by atoms with E-state index in [4.69, 9.17) is 4.74 Å². The van der Waals surface area contributed by atoms with E-state index in [1.54, 1.807) is 0 Å². The fourth-order valence-electron chi connectivity index (χ4n) is 18.0. The Morgan fingerprint density at radius 2 is 0.701 bits per heavy atom. The lowest BCUT2D eigenvalue weighted by atomic mass is 9.30. The molecule has 107 heavy (non-hydrogen) atoms. The molecule has 0 saturated heterocycles. The predicted octanol–water partition coefficient (Wildman–Crippen LogP) is 23.9. The number of anilines is 15. The van der Waals surface area contributed by atoms with E-state index >= 15 is 0 Å². The van der Waals surface area contributed by atoms with Gasteiger partial charge in [-0.2, -0.15) is 0 Å². The van der Waals surface area contributed by atoms with E-state index in [2.05, 4.69) is 382 Å². The molecule has 0 N–H and O–H groups in total. The van der Waals surface area contributed by atoms with Gasteiger partial charge in [-0.3, -0.25) is 0 Å². The molecule has 11 heteroatoms. The normalized spacial score (nSPS) is 13.0. The maximum Gasteiger partial charge on any atom is 0.256 e. The first-order valence-corrected chi connectivity index (χ1v) is 39.0. The number of ether oxygens (including phenoxy) is 1. The Balaban J connectivity index is 0.827. The van der Waals surface area contributed by atoms with Crippen molar-refractivity contribution in [3.8, 4) is 22.6 Å². The molecule has 0 atom stereocenters. The summed E-state index contributed by atoms with van der Waals surface area (Å²) >= 11 is 5.59. The van der Waals surface area contributed by atoms with Crippen molar-refractivity contribution < 1.29 is 4.74 Å². The number of thiophene rings is 3. The first kappa shape index (κ1) is 60.5. The van der Waals surface area contributed by atoms with Crippen LogP contribution in [0.3, 0.4) is 0 Å². The van der Waals surface area contributed by atoms with Crippen molar-refractivity contribution in [2.45, 2.75) is 0 Å². The zero-order valence-electron chi connectivity index (χ0n) is 57.6. The van der Waals surface area contributed by atoms with Crippen LogP contribution in [0.4, 0.5) is 85.3 Å². The van der Waals surface area contributed by atoms with Gasteiger partial charge in [-0.1, -0.05) is 231 Å². The maximum atomic E-state index is 8.12. The molecule has 16 aromatic carbocycles.